The molecule has 0 spiro atoms. The fourth-order valence-corrected chi connectivity index (χ4v) is 4.82. The summed E-state index contributed by atoms with van der Waals surface area (Å²) in [4.78, 5) is 28.1. The van der Waals surface area contributed by atoms with Gasteiger partial charge in [0.2, 0.25) is 0 Å². The molecule has 0 radical (unpaired) electrons. The highest BCUT2D eigenvalue weighted by Gasteiger charge is 2.32. The van der Waals surface area contributed by atoms with Crippen molar-refractivity contribution < 1.29 is 9.18 Å². The number of thiazole rings is 1. The van der Waals surface area contributed by atoms with Crippen molar-refractivity contribution in [3.05, 3.63) is 76.3 Å². The highest BCUT2D eigenvalue weighted by molar-refractivity contribution is 7.15. The van der Waals surface area contributed by atoms with Crippen molar-refractivity contribution >= 4 is 33.5 Å². The number of imidazole rings is 1. The van der Waals surface area contributed by atoms with Crippen molar-refractivity contribution in [2.75, 3.05) is 11.9 Å². The molecule has 158 valence electrons. The first-order valence-electron chi connectivity index (χ1n) is 10.3. The lowest BCUT2D eigenvalue weighted by Gasteiger charge is -2.22. The molecule has 2 N–H and O–H groups in total. The second-order valence-corrected chi connectivity index (χ2v) is 8.93. The van der Waals surface area contributed by atoms with E-state index in [0.717, 1.165) is 40.1 Å². The lowest BCUT2D eigenvalue weighted by Crippen LogP contribution is -2.34. The summed E-state index contributed by atoms with van der Waals surface area (Å²) < 4.78 is 13.8. The second-order valence-electron chi connectivity index (χ2n) is 7.81. The van der Waals surface area contributed by atoms with Crippen molar-refractivity contribution in [3.8, 4) is 0 Å². The average molecular weight is 436 g/mol. The van der Waals surface area contributed by atoms with Crippen LogP contribution in [0.3, 0.4) is 0 Å². The Bertz CT molecular complexity index is 1220. The van der Waals surface area contributed by atoms with E-state index < -0.39 is 0 Å². The van der Waals surface area contributed by atoms with Gasteiger partial charge in [-0.15, -0.1) is 11.3 Å². The average Bonchev–Trinajstić information content (AvgIpc) is 3.49. The van der Waals surface area contributed by atoms with Crippen LogP contribution in [0.5, 0.6) is 0 Å². The summed E-state index contributed by atoms with van der Waals surface area (Å²) in [5.74, 6) is 0.608. The van der Waals surface area contributed by atoms with Gasteiger partial charge in [-0.3, -0.25) is 5.32 Å². The van der Waals surface area contributed by atoms with Crippen molar-refractivity contribution in [3.63, 3.8) is 0 Å². The van der Waals surface area contributed by atoms with E-state index in [1.165, 1.54) is 11.3 Å². The van der Waals surface area contributed by atoms with Crippen molar-refractivity contribution in [2.24, 2.45) is 0 Å². The number of halogens is 1. The molecule has 6 nitrogen and oxygen atoms in total. The van der Waals surface area contributed by atoms with Gasteiger partial charge in [-0.2, -0.15) is 0 Å². The summed E-state index contributed by atoms with van der Waals surface area (Å²) in [5, 5.41) is 3.47. The molecule has 1 unspecified atom stereocenters. The minimum atomic E-state index is -0.207. The Morgan fingerprint density at radius 1 is 1.32 bits per heavy atom. The molecule has 4 aromatic rings. The number of carbonyl (C=O) groups is 1. The fourth-order valence-electron chi connectivity index (χ4n) is 3.98. The molecule has 2 amide bonds. The molecule has 1 fully saturated rings. The Morgan fingerprint density at radius 2 is 2.19 bits per heavy atom. The summed E-state index contributed by atoms with van der Waals surface area (Å²) in [5.41, 5.74) is 3.39. The molecule has 2 aromatic heterocycles. The van der Waals surface area contributed by atoms with Crippen LogP contribution in [0.15, 0.2) is 48.7 Å². The number of H-pyrrole nitrogens is 1. The Kier molecular flexibility index (Phi) is 5.15. The summed E-state index contributed by atoms with van der Waals surface area (Å²) in [6.45, 7) is 2.42. The van der Waals surface area contributed by atoms with E-state index in [1.54, 1.807) is 25.3 Å². The largest absolute Gasteiger partial charge is 0.340 e. The van der Waals surface area contributed by atoms with Gasteiger partial charge in [-0.1, -0.05) is 24.3 Å². The molecule has 1 aliphatic rings. The molecule has 5 rings (SSSR count). The Morgan fingerprint density at radius 3 is 3.03 bits per heavy atom. The van der Waals surface area contributed by atoms with Gasteiger partial charge in [-0.05, 0) is 49.1 Å². The van der Waals surface area contributed by atoms with E-state index in [-0.39, 0.29) is 17.9 Å². The molecule has 3 heterocycles. The number of para-hydroxylation sites is 2. The summed E-state index contributed by atoms with van der Waals surface area (Å²) in [6, 6.07) is 12.9. The maximum absolute atomic E-state index is 13.8. The minimum absolute atomic E-state index is 0.0811. The number of aryl methyl sites for hydroxylation is 1. The number of fused-ring (bicyclic) bond motifs is 1. The highest BCUT2D eigenvalue weighted by Crippen LogP contribution is 2.32. The van der Waals surface area contributed by atoms with Crippen LogP contribution in [0, 0.1) is 12.7 Å². The highest BCUT2D eigenvalue weighted by atomic mass is 32.1. The monoisotopic (exact) mass is 435 g/mol. The third kappa shape index (κ3) is 4.03. The zero-order valence-electron chi connectivity index (χ0n) is 17.1. The lowest BCUT2D eigenvalue weighted by molar-refractivity contribution is 0.205. The number of hydrogen-bond donors (Lipinski definition) is 2. The predicted octanol–water partition coefficient (Wildman–Crippen LogP) is 5.43. The molecule has 1 atom stereocenters. The Labute approximate surface area is 183 Å². The zero-order valence-corrected chi connectivity index (χ0v) is 17.9. The topological polar surface area (TPSA) is 73.9 Å². The molecular formula is C23H22FN5OS. The quantitative estimate of drug-likeness (QED) is 0.449. The van der Waals surface area contributed by atoms with Gasteiger partial charge >= 0.3 is 6.03 Å². The third-order valence-corrected chi connectivity index (χ3v) is 6.53. The number of carbonyl (C=O) groups excluding carboxylic acids is 1. The second kappa shape index (κ2) is 8.11. The maximum Gasteiger partial charge on any atom is 0.324 e. The summed E-state index contributed by atoms with van der Waals surface area (Å²) >= 11 is 1.41. The van der Waals surface area contributed by atoms with E-state index in [1.807, 2.05) is 35.2 Å². The van der Waals surface area contributed by atoms with E-state index in [4.69, 9.17) is 0 Å². The Hall–Kier alpha value is -3.26. The summed E-state index contributed by atoms with van der Waals surface area (Å²) in [6.07, 6.45) is 4.11. The Balaban J connectivity index is 1.27. The number of aromatic nitrogens is 3. The molecule has 0 saturated carbocycles. The number of hydrogen-bond acceptors (Lipinski definition) is 4. The number of likely N-dealkylation sites (tertiary alicyclic amines) is 1. The molecular weight excluding hydrogens is 413 g/mol. The number of amides is 2. The van der Waals surface area contributed by atoms with Crippen LogP contribution < -0.4 is 5.32 Å². The van der Waals surface area contributed by atoms with Gasteiger partial charge in [0.25, 0.3) is 0 Å². The molecule has 8 heteroatoms. The number of anilines is 1. The molecule has 1 saturated heterocycles. The van der Waals surface area contributed by atoms with E-state index in [0.29, 0.717) is 23.7 Å². The molecule has 0 bridgehead atoms. The number of aromatic amines is 1. The van der Waals surface area contributed by atoms with Crippen molar-refractivity contribution in [1.82, 2.24) is 19.9 Å². The first-order chi connectivity index (χ1) is 15.1. The smallest absolute Gasteiger partial charge is 0.324 e. The van der Waals surface area contributed by atoms with Gasteiger partial charge in [-0.25, -0.2) is 19.2 Å². The molecule has 2 aromatic carbocycles. The SMILES string of the molecule is Cc1ccc(Cc2cnc(NC(=O)N3CCCC3c3nc4ccccc4[nH]3)s2)cc1F. The number of nitrogens with zero attached hydrogens (tertiary/aromatic N) is 3. The van der Waals surface area contributed by atoms with Gasteiger partial charge in [0.1, 0.15) is 11.6 Å². The van der Waals surface area contributed by atoms with Gasteiger partial charge in [0, 0.05) is 24.0 Å². The number of rotatable bonds is 4. The van der Waals surface area contributed by atoms with Crippen LogP contribution in [0.4, 0.5) is 14.3 Å². The van der Waals surface area contributed by atoms with Crippen molar-refractivity contribution in [1.29, 1.82) is 0 Å². The lowest BCUT2D eigenvalue weighted by atomic mass is 10.1. The molecule has 1 aliphatic heterocycles. The van der Waals surface area contributed by atoms with Gasteiger partial charge in [0.15, 0.2) is 5.13 Å². The van der Waals surface area contributed by atoms with Gasteiger partial charge in [0.05, 0.1) is 17.1 Å². The van der Waals surface area contributed by atoms with Crippen LogP contribution in [0.1, 0.15) is 40.7 Å². The number of urea groups is 1. The van der Waals surface area contributed by atoms with Gasteiger partial charge < -0.3 is 9.88 Å². The molecule has 0 aliphatic carbocycles. The third-order valence-electron chi connectivity index (χ3n) is 5.62. The van der Waals surface area contributed by atoms with Crippen LogP contribution in [-0.4, -0.2) is 32.4 Å². The fraction of sp³-hybridized carbons (Fsp3) is 0.261. The number of benzene rings is 2. The normalized spacial score (nSPS) is 16.2. The predicted molar refractivity (Wildman–Crippen MR) is 120 cm³/mol. The van der Waals surface area contributed by atoms with E-state index in [2.05, 4.69) is 20.3 Å². The van der Waals surface area contributed by atoms with Crippen LogP contribution in [0.2, 0.25) is 0 Å². The standard InChI is InChI=1S/C23H22FN5OS/c1-14-8-9-15(12-17(14)24)11-16-13-25-22(31-16)28-23(30)29-10-4-7-20(29)21-26-18-5-2-3-6-19(18)27-21/h2-3,5-6,8-9,12-13,20H,4,7,10-11H2,1H3,(H,26,27)(H,25,28,30). The number of nitrogens with one attached hydrogen (secondary N) is 2. The first-order valence-corrected chi connectivity index (χ1v) is 11.1. The van der Waals surface area contributed by atoms with Crippen molar-refractivity contribution in [2.45, 2.75) is 32.2 Å². The zero-order chi connectivity index (χ0) is 21.4. The maximum atomic E-state index is 13.8. The van der Waals surface area contributed by atoms with E-state index >= 15 is 0 Å². The van der Waals surface area contributed by atoms with E-state index in [9.17, 15) is 9.18 Å². The molecule has 31 heavy (non-hydrogen) atoms. The first kappa shape index (κ1) is 19.7. The van der Waals surface area contributed by atoms with Crippen LogP contribution in [-0.2, 0) is 6.42 Å². The summed E-state index contributed by atoms with van der Waals surface area (Å²) in [7, 11) is 0. The van der Waals surface area contributed by atoms with Crippen LogP contribution in [0.25, 0.3) is 11.0 Å². The van der Waals surface area contributed by atoms with Crippen LogP contribution >= 0.6 is 11.3 Å². The minimum Gasteiger partial charge on any atom is -0.340 e.